The molecule has 0 saturated carbocycles. The Morgan fingerprint density at radius 3 is 2.80 bits per heavy atom. The van der Waals surface area contributed by atoms with E-state index in [0.717, 1.165) is 6.42 Å². The van der Waals surface area contributed by atoms with Crippen LogP contribution in [0.2, 0.25) is 0 Å². The molecule has 4 heteroatoms. The van der Waals surface area contributed by atoms with Gasteiger partial charge in [0.1, 0.15) is 18.9 Å². The lowest BCUT2D eigenvalue weighted by atomic mass is 10.1. The predicted molar refractivity (Wildman–Crippen MR) is 54.3 cm³/mol. The maximum Gasteiger partial charge on any atom is 0.255 e. The Morgan fingerprint density at radius 2 is 2.27 bits per heavy atom. The fourth-order valence-corrected chi connectivity index (χ4v) is 1.67. The molecule has 0 aliphatic carbocycles. The van der Waals surface area contributed by atoms with Crippen molar-refractivity contribution in [2.75, 3.05) is 0 Å². The zero-order chi connectivity index (χ0) is 11.3. The number of nitrogens with zero attached hydrogens (tertiary/aromatic N) is 4. The third kappa shape index (κ3) is 2.57. The Hall–Kier alpha value is -1.81. The summed E-state index contributed by atoms with van der Waals surface area (Å²) in [5.74, 6) is 0.959. The van der Waals surface area contributed by atoms with Gasteiger partial charge in [-0.2, -0.15) is 10.5 Å². The summed E-state index contributed by atoms with van der Waals surface area (Å²) in [7, 11) is 1.99. The van der Waals surface area contributed by atoms with Crippen molar-refractivity contribution < 1.29 is 4.57 Å². The molecule has 15 heavy (non-hydrogen) atoms. The Kier molecular flexibility index (Phi) is 3.88. The minimum absolute atomic E-state index is 0.215. The highest BCUT2D eigenvalue weighted by molar-refractivity contribution is 4.93. The van der Waals surface area contributed by atoms with E-state index in [-0.39, 0.29) is 5.92 Å². The largest absolute Gasteiger partial charge is 0.255 e. The van der Waals surface area contributed by atoms with E-state index >= 15 is 0 Å². The normalized spacial score (nSPS) is 11.7. The molecule has 0 aromatic carbocycles. The van der Waals surface area contributed by atoms with Crippen LogP contribution in [0, 0.1) is 28.6 Å². The molecule has 0 N–H and O–H groups in total. The molecule has 0 saturated heterocycles. The van der Waals surface area contributed by atoms with E-state index in [0.29, 0.717) is 13.0 Å². The molecule has 4 nitrogen and oxygen atoms in total. The summed E-state index contributed by atoms with van der Waals surface area (Å²) >= 11 is 0. The lowest BCUT2D eigenvalue weighted by molar-refractivity contribution is -0.678. The SMILES string of the molecule is CCc1n(CC(C#N)CC#N)cc[n+]1C. The Morgan fingerprint density at radius 1 is 1.53 bits per heavy atom. The van der Waals surface area contributed by atoms with Gasteiger partial charge >= 0.3 is 0 Å². The molecule has 0 aliphatic heterocycles. The van der Waals surface area contributed by atoms with Gasteiger partial charge in [-0.15, -0.1) is 0 Å². The number of rotatable bonds is 4. The molecule has 0 amide bonds. The quantitative estimate of drug-likeness (QED) is 0.683. The van der Waals surface area contributed by atoms with E-state index in [1.807, 2.05) is 34.6 Å². The molecular formula is C11H15N4+. The molecule has 1 atom stereocenters. The first-order valence-corrected chi connectivity index (χ1v) is 5.03. The van der Waals surface area contributed by atoms with Crippen molar-refractivity contribution in [2.45, 2.75) is 26.3 Å². The van der Waals surface area contributed by atoms with Crippen LogP contribution in [0.3, 0.4) is 0 Å². The Balaban J connectivity index is 2.80. The van der Waals surface area contributed by atoms with E-state index in [9.17, 15) is 0 Å². The molecule has 0 radical (unpaired) electrons. The topological polar surface area (TPSA) is 56.4 Å². The van der Waals surface area contributed by atoms with Gasteiger partial charge < -0.3 is 0 Å². The minimum Gasteiger partial charge on any atom is -0.237 e. The maximum atomic E-state index is 8.87. The van der Waals surface area contributed by atoms with Gasteiger partial charge in [-0.25, -0.2) is 9.13 Å². The minimum atomic E-state index is -0.215. The monoisotopic (exact) mass is 203 g/mol. The van der Waals surface area contributed by atoms with Gasteiger partial charge in [-0.3, -0.25) is 0 Å². The summed E-state index contributed by atoms with van der Waals surface area (Å²) in [6, 6.07) is 4.20. The Labute approximate surface area is 90.0 Å². The molecule has 0 bridgehead atoms. The van der Waals surface area contributed by atoms with Gasteiger partial charge in [-0.1, -0.05) is 6.92 Å². The molecule has 1 rings (SSSR count). The highest BCUT2D eigenvalue weighted by Crippen LogP contribution is 2.06. The number of nitriles is 2. The van der Waals surface area contributed by atoms with Gasteiger partial charge in [0.05, 0.1) is 31.5 Å². The Bertz CT molecular complexity index is 405. The predicted octanol–water partition coefficient (Wildman–Crippen LogP) is 0.928. The van der Waals surface area contributed by atoms with Gasteiger partial charge in [0.25, 0.3) is 5.82 Å². The van der Waals surface area contributed by atoms with Crippen molar-refractivity contribution in [3.63, 3.8) is 0 Å². The lowest BCUT2D eigenvalue weighted by Gasteiger charge is -2.03. The molecule has 1 aromatic heterocycles. The fourth-order valence-electron chi connectivity index (χ4n) is 1.67. The van der Waals surface area contributed by atoms with E-state index in [4.69, 9.17) is 10.5 Å². The molecule has 0 aliphatic rings. The first-order valence-electron chi connectivity index (χ1n) is 5.03. The third-order valence-electron chi connectivity index (χ3n) is 2.46. The molecular weight excluding hydrogens is 188 g/mol. The van der Waals surface area contributed by atoms with Gasteiger partial charge in [0.2, 0.25) is 0 Å². The van der Waals surface area contributed by atoms with Crippen LogP contribution in [0.25, 0.3) is 0 Å². The molecule has 78 valence electrons. The number of hydrogen-bond donors (Lipinski definition) is 0. The van der Waals surface area contributed by atoms with Crippen molar-refractivity contribution in [1.82, 2.24) is 4.57 Å². The maximum absolute atomic E-state index is 8.87. The molecule has 1 aromatic rings. The van der Waals surface area contributed by atoms with Crippen LogP contribution >= 0.6 is 0 Å². The molecule has 0 fully saturated rings. The van der Waals surface area contributed by atoms with Crippen LogP contribution in [-0.4, -0.2) is 4.57 Å². The zero-order valence-corrected chi connectivity index (χ0v) is 9.14. The van der Waals surface area contributed by atoms with E-state index in [2.05, 4.69) is 13.0 Å². The standard InChI is InChI=1S/C11H15N4/c1-3-11-14(2)6-7-15(11)9-10(8-13)4-5-12/h6-7,10H,3-4,9H2,1-2H3/q+1. The molecule has 1 unspecified atom stereocenters. The van der Waals surface area contributed by atoms with Crippen LogP contribution in [0.5, 0.6) is 0 Å². The second-order valence-corrected chi connectivity index (χ2v) is 3.52. The number of aryl methyl sites for hydroxylation is 1. The van der Waals surface area contributed by atoms with Crippen molar-refractivity contribution in [3.05, 3.63) is 18.2 Å². The van der Waals surface area contributed by atoms with Crippen molar-refractivity contribution in [3.8, 4) is 12.1 Å². The van der Waals surface area contributed by atoms with Crippen molar-refractivity contribution in [1.29, 1.82) is 10.5 Å². The van der Waals surface area contributed by atoms with Gasteiger partial charge in [0.15, 0.2) is 0 Å². The number of imidazole rings is 1. The number of hydrogen-bond acceptors (Lipinski definition) is 2. The average Bonchev–Trinajstić information content (AvgIpc) is 2.58. The van der Waals surface area contributed by atoms with Crippen molar-refractivity contribution >= 4 is 0 Å². The van der Waals surface area contributed by atoms with E-state index in [1.165, 1.54) is 5.82 Å². The summed E-state index contributed by atoms with van der Waals surface area (Å²) < 4.78 is 4.09. The summed E-state index contributed by atoms with van der Waals surface area (Å²) in [5, 5.41) is 17.4. The van der Waals surface area contributed by atoms with Crippen LogP contribution < -0.4 is 4.57 Å². The highest BCUT2D eigenvalue weighted by atomic mass is 15.1. The van der Waals surface area contributed by atoms with Crippen molar-refractivity contribution in [2.24, 2.45) is 13.0 Å². The van der Waals surface area contributed by atoms with E-state index in [1.54, 1.807) is 0 Å². The molecule has 1 heterocycles. The lowest BCUT2D eigenvalue weighted by Crippen LogP contribution is -2.32. The van der Waals surface area contributed by atoms with E-state index < -0.39 is 0 Å². The number of aromatic nitrogens is 2. The molecule has 0 spiro atoms. The average molecular weight is 203 g/mol. The van der Waals surface area contributed by atoms with Crippen LogP contribution in [0.15, 0.2) is 12.4 Å². The summed E-state index contributed by atoms with van der Waals surface area (Å²) in [6.45, 7) is 2.69. The second kappa shape index (κ2) is 5.17. The third-order valence-corrected chi connectivity index (χ3v) is 2.46. The second-order valence-electron chi connectivity index (χ2n) is 3.52. The summed E-state index contributed by atoms with van der Waals surface area (Å²) in [6.07, 6.45) is 5.15. The van der Waals surface area contributed by atoms with Crippen LogP contribution in [0.1, 0.15) is 19.2 Å². The first kappa shape index (κ1) is 11.3. The summed E-state index contributed by atoms with van der Waals surface area (Å²) in [5.41, 5.74) is 0. The summed E-state index contributed by atoms with van der Waals surface area (Å²) in [4.78, 5) is 0. The van der Waals surface area contributed by atoms with Gasteiger partial charge in [0, 0.05) is 6.42 Å². The van der Waals surface area contributed by atoms with Crippen LogP contribution in [-0.2, 0) is 20.0 Å². The van der Waals surface area contributed by atoms with Gasteiger partial charge in [-0.05, 0) is 0 Å². The smallest absolute Gasteiger partial charge is 0.237 e. The first-order chi connectivity index (χ1) is 7.22. The fraction of sp³-hybridized carbons (Fsp3) is 0.545. The van der Waals surface area contributed by atoms with Crippen LogP contribution in [0.4, 0.5) is 0 Å². The zero-order valence-electron chi connectivity index (χ0n) is 9.14. The highest BCUT2D eigenvalue weighted by Gasteiger charge is 2.17.